The van der Waals surface area contributed by atoms with Crippen LogP contribution in [-0.2, 0) is 22.6 Å². The lowest BCUT2D eigenvalue weighted by molar-refractivity contribution is -0.137. The molecule has 1 heterocycles. The van der Waals surface area contributed by atoms with Gasteiger partial charge in [0.05, 0.1) is 11.9 Å². The SMILES string of the molecule is CC(C)Nc1ncc(-c2cc(NC(=O)OC(C)(C)C)cc(OC(=O)NCc3ccccc3)c2)n(CC(=O)O)c1=O. The first-order valence-electron chi connectivity index (χ1n) is 12.5. The Morgan fingerprint density at radius 3 is 2.38 bits per heavy atom. The molecule has 212 valence electrons. The highest BCUT2D eigenvalue weighted by molar-refractivity contribution is 5.87. The fraction of sp³-hybridized carbons (Fsp3) is 0.321. The molecular weight excluding hydrogens is 518 g/mol. The number of hydrogen-bond donors (Lipinski definition) is 4. The van der Waals surface area contributed by atoms with Crippen molar-refractivity contribution in [2.45, 2.75) is 59.4 Å². The summed E-state index contributed by atoms with van der Waals surface area (Å²) in [6.07, 6.45) is -0.190. The van der Waals surface area contributed by atoms with Crippen molar-refractivity contribution in [3.63, 3.8) is 0 Å². The number of amides is 2. The van der Waals surface area contributed by atoms with Gasteiger partial charge in [0.2, 0.25) is 0 Å². The highest BCUT2D eigenvalue weighted by atomic mass is 16.6. The Morgan fingerprint density at radius 2 is 1.75 bits per heavy atom. The largest absolute Gasteiger partial charge is 0.480 e. The number of benzene rings is 2. The number of rotatable bonds is 9. The molecule has 3 aromatic rings. The molecule has 0 spiro atoms. The quantitative estimate of drug-likeness (QED) is 0.301. The van der Waals surface area contributed by atoms with Gasteiger partial charge in [0, 0.05) is 29.9 Å². The summed E-state index contributed by atoms with van der Waals surface area (Å²) in [6.45, 7) is 8.31. The van der Waals surface area contributed by atoms with Gasteiger partial charge in [-0.2, -0.15) is 0 Å². The van der Waals surface area contributed by atoms with Gasteiger partial charge in [0.15, 0.2) is 5.82 Å². The van der Waals surface area contributed by atoms with Crippen molar-refractivity contribution in [1.82, 2.24) is 14.9 Å². The number of aromatic nitrogens is 2. The third-order valence-corrected chi connectivity index (χ3v) is 5.11. The van der Waals surface area contributed by atoms with Gasteiger partial charge in [-0.1, -0.05) is 30.3 Å². The number of nitrogens with one attached hydrogen (secondary N) is 3. The second-order valence-electron chi connectivity index (χ2n) is 10.2. The predicted molar refractivity (Wildman–Crippen MR) is 149 cm³/mol. The molecule has 0 atom stereocenters. The normalized spacial score (nSPS) is 11.1. The number of hydrogen-bond acceptors (Lipinski definition) is 8. The number of ether oxygens (including phenoxy) is 2. The minimum atomic E-state index is -1.25. The zero-order valence-electron chi connectivity index (χ0n) is 23.0. The van der Waals surface area contributed by atoms with Crippen molar-refractivity contribution >= 4 is 29.7 Å². The van der Waals surface area contributed by atoms with Crippen LogP contribution < -0.4 is 26.2 Å². The van der Waals surface area contributed by atoms with Crippen LogP contribution in [0.4, 0.5) is 21.1 Å². The summed E-state index contributed by atoms with van der Waals surface area (Å²) in [7, 11) is 0. The van der Waals surface area contributed by atoms with Crippen LogP contribution >= 0.6 is 0 Å². The average molecular weight is 552 g/mol. The third kappa shape index (κ3) is 8.86. The van der Waals surface area contributed by atoms with E-state index in [0.717, 1.165) is 10.1 Å². The first-order chi connectivity index (χ1) is 18.8. The summed E-state index contributed by atoms with van der Waals surface area (Å²) >= 11 is 0. The topological polar surface area (TPSA) is 161 Å². The lowest BCUT2D eigenvalue weighted by Gasteiger charge is -2.20. The molecular formula is C28H33N5O7. The van der Waals surface area contributed by atoms with E-state index in [9.17, 15) is 24.3 Å². The van der Waals surface area contributed by atoms with E-state index in [0.29, 0.717) is 0 Å². The standard InChI is InChI=1S/C28H33N5O7/c1-17(2)31-24-25(36)33(16-23(34)35)22(15-29-24)19-11-20(32-27(38)40-28(3,4)5)13-21(12-19)39-26(37)30-14-18-9-7-6-8-10-18/h6-13,15,17H,14,16H2,1-5H3,(H,29,31)(H,30,37)(H,32,38)(H,34,35). The van der Waals surface area contributed by atoms with Gasteiger partial charge < -0.3 is 25.2 Å². The lowest BCUT2D eigenvalue weighted by atomic mass is 10.1. The van der Waals surface area contributed by atoms with E-state index in [1.54, 1.807) is 20.8 Å². The Morgan fingerprint density at radius 1 is 1.05 bits per heavy atom. The van der Waals surface area contributed by atoms with E-state index in [1.807, 2.05) is 44.2 Å². The predicted octanol–water partition coefficient (Wildman–Crippen LogP) is 4.45. The Bertz CT molecular complexity index is 1430. The molecule has 0 aliphatic carbocycles. The van der Waals surface area contributed by atoms with Crippen LogP contribution in [0.25, 0.3) is 11.3 Å². The highest BCUT2D eigenvalue weighted by Crippen LogP contribution is 2.29. The molecule has 3 rings (SSSR count). The van der Waals surface area contributed by atoms with Gasteiger partial charge in [-0.25, -0.2) is 14.6 Å². The van der Waals surface area contributed by atoms with E-state index < -0.39 is 35.9 Å². The monoisotopic (exact) mass is 551 g/mol. The fourth-order valence-electron chi connectivity index (χ4n) is 3.60. The van der Waals surface area contributed by atoms with Crippen LogP contribution in [0.15, 0.2) is 59.5 Å². The van der Waals surface area contributed by atoms with Gasteiger partial charge in [-0.05, 0) is 52.3 Å². The number of carbonyl (C=O) groups is 3. The maximum absolute atomic E-state index is 13.1. The molecule has 2 amide bonds. The number of nitrogens with zero attached hydrogens (tertiary/aromatic N) is 2. The molecule has 12 heteroatoms. The Kier molecular flexibility index (Phi) is 9.49. The zero-order chi connectivity index (χ0) is 29.4. The average Bonchev–Trinajstić information content (AvgIpc) is 2.84. The molecule has 0 bridgehead atoms. The van der Waals surface area contributed by atoms with Gasteiger partial charge in [0.25, 0.3) is 5.56 Å². The van der Waals surface area contributed by atoms with Crippen molar-refractivity contribution in [3.05, 3.63) is 70.6 Å². The van der Waals surface area contributed by atoms with Crippen LogP contribution in [0.2, 0.25) is 0 Å². The summed E-state index contributed by atoms with van der Waals surface area (Å²) in [5.74, 6) is -1.24. The van der Waals surface area contributed by atoms with Gasteiger partial charge in [-0.3, -0.25) is 19.5 Å². The van der Waals surface area contributed by atoms with Crippen LogP contribution in [-0.4, -0.2) is 44.5 Å². The Labute approximate surface area is 231 Å². The van der Waals surface area contributed by atoms with Crippen LogP contribution in [0.5, 0.6) is 5.75 Å². The smallest absolute Gasteiger partial charge is 0.412 e. The molecule has 12 nitrogen and oxygen atoms in total. The van der Waals surface area contributed by atoms with Gasteiger partial charge >= 0.3 is 18.2 Å². The number of aliphatic carboxylic acids is 1. The molecule has 40 heavy (non-hydrogen) atoms. The first kappa shape index (κ1) is 29.7. The van der Waals surface area contributed by atoms with E-state index >= 15 is 0 Å². The molecule has 2 aromatic carbocycles. The number of carbonyl (C=O) groups excluding carboxylic acids is 2. The summed E-state index contributed by atoms with van der Waals surface area (Å²) in [6, 6.07) is 13.4. The molecule has 0 saturated carbocycles. The van der Waals surface area contributed by atoms with Gasteiger partial charge in [0.1, 0.15) is 17.9 Å². The molecule has 0 aliphatic rings. The van der Waals surface area contributed by atoms with Crippen molar-refractivity contribution in [3.8, 4) is 17.0 Å². The molecule has 0 radical (unpaired) electrons. The van der Waals surface area contributed by atoms with Crippen molar-refractivity contribution in [2.75, 3.05) is 10.6 Å². The Hall–Kier alpha value is -4.87. The Balaban J connectivity index is 2.01. The fourth-order valence-corrected chi connectivity index (χ4v) is 3.60. The highest BCUT2D eigenvalue weighted by Gasteiger charge is 2.20. The van der Waals surface area contributed by atoms with Crippen molar-refractivity contribution in [1.29, 1.82) is 0 Å². The maximum atomic E-state index is 13.1. The zero-order valence-corrected chi connectivity index (χ0v) is 23.0. The number of carboxylic acid groups (broad SMARTS) is 1. The molecule has 0 unspecified atom stereocenters. The van der Waals surface area contributed by atoms with Gasteiger partial charge in [-0.15, -0.1) is 0 Å². The molecule has 0 aliphatic heterocycles. The van der Waals surface area contributed by atoms with Crippen LogP contribution in [0, 0.1) is 0 Å². The maximum Gasteiger partial charge on any atom is 0.412 e. The van der Waals surface area contributed by atoms with E-state index in [-0.39, 0.29) is 41.1 Å². The van der Waals surface area contributed by atoms with Crippen molar-refractivity contribution in [2.24, 2.45) is 0 Å². The second kappa shape index (κ2) is 12.8. The molecule has 4 N–H and O–H groups in total. The molecule has 0 saturated heterocycles. The van der Waals surface area contributed by atoms with E-state index in [4.69, 9.17) is 9.47 Å². The lowest BCUT2D eigenvalue weighted by Crippen LogP contribution is -2.30. The second-order valence-corrected chi connectivity index (χ2v) is 10.2. The first-order valence-corrected chi connectivity index (χ1v) is 12.5. The summed E-state index contributed by atoms with van der Waals surface area (Å²) < 4.78 is 11.8. The third-order valence-electron chi connectivity index (χ3n) is 5.11. The summed E-state index contributed by atoms with van der Waals surface area (Å²) in [5, 5.41) is 17.6. The number of carboxylic acids is 1. The number of anilines is 2. The van der Waals surface area contributed by atoms with Crippen molar-refractivity contribution < 1.29 is 29.0 Å². The molecule has 1 aromatic heterocycles. The van der Waals surface area contributed by atoms with Crippen LogP contribution in [0.3, 0.4) is 0 Å². The van der Waals surface area contributed by atoms with E-state index in [1.165, 1.54) is 24.4 Å². The minimum Gasteiger partial charge on any atom is -0.480 e. The summed E-state index contributed by atoms with van der Waals surface area (Å²) in [4.78, 5) is 54.0. The minimum absolute atomic E-state index is 0.0141. The van der Waals surface area contributed by atoms with Crippen LogP contribution in [0.1, 0.15) is 40.2 Å². The van der Waals surface area contributed by atoms with E-state index in [2.05, 4.69) is 20.9 Å². The molecule has 0 fully saturated rings. The summed E-state index contributed by atoms with van der Waals surface area (Å²) in [5.41, 5.74) is 0.00650.